The van der Waals surface area contributed by atoms with Gasteiger partial charge in [-0.2, -0.15) is 0 Å². The van der Waals surface area contributed by atoms with E-state index in [9.17, 15) is 4.39 Å². The first-order chi connectivity index (χ1) is 16.7. The first-order valence-electron chi connectivity index (χ1n) is 11.0. The van der Waals surface area contributed by atoms with E-state index < -0.39 is 7.26 Å². The fraction of sp³-hybridized carbons (Fsp3) is 0.0345. The van der Waals surface area contributed by atoms with Gasteiger partial charge in [-0.05, 0) is 72.3 Å². The van der Waals surface area contributed by atoms with E-state index in [0.29, 0.717) is 6.16 Å². The van der Waals surface area contributed by atoms with Crippen LogP contribution in [0.25, 0.3) is 11.3 Å². The molecule has 0 aliphatic heterocycles. The van der Waals surface area contributed by atoms with E-state index in [1.807, 2.05) is 24.4 Å². The topological polar surface area (TPSA) is 25.8 Å². The smallest absolute Gasteiger partial charge is 0.222 e. The molecule has 0 saturated heterocycles. The second-order valence-corrected chi connectivity index (χ2v) is 11.8. The number of halogens is 2. The Kier molecular flexibility index (Phi) is 6.49. The second kappa shape index (κ2) is 9.85. The van der Waals surface area contributed by atoms with Crippen LogP contribution in [0.5, 0.6) is 0 Å². The van der Waals surface area contributed by atoms with Gasteiger partial charge in [0.1, 0.15) is 35.2 Å². The number of aromatic nitrogens is 2. The van der Waals surface area contributed by atoms with Gasteiger partial charge in [0.05, 0.1) is 5.69 Å². The van der Waals surface area contributed by atoms with Gasteiger partial charge in [-0.25, -0.2) is 14.4 Å². The molecular formula is C29H22ClFN2P+. The number of nitrogens with zero attached hydrogens (tertiary/aromatic N) is 2. The van der Waals surface area contributed by atoms with E-state index >= 15 is 0 Å². The highest BCUT2D eigenvalue weighted by Crippen LogP contribution is 2.58. The van der Waals surface area contributed by atoms with Gasteiger partial charge in [0.2, 0.25) is 5.28 Å². The lowest BCUT2D eigenvalue weighted by Gasteiger charge is -2.28. The van der Waals surface area contributed by atoms with Crippen LogP contribution in [0.3, 0.4) is 0 Å². The molecular weight excluding hydrogens is 462 g/mol. The van der Waals surface area contributed by atoms with Crippen molar-refractivity contribution in [3.63, 3.8) is 0 Å². The number of rotatable bonds is 6. The zero-order valence-corrected chi connectivity index (χ0v) is 20.0. The summed E-state index contributed by atoms with van der Waals surface area (Å²) >= 11 is 6.23. The minimum Gasteiger partial charge on any atom is -0.226 e. The Morgan fingerprint density at radius 3 is 1.59 bits per heavy atom. The summed E-state index contributed by atoms with van der Waals surface area (Å²) in [6.07, 6.45) is 2.52. The summed E-state index contributed by atoms with van der Waals surface area (Å²) in [5.74, 6) is -0.287. The van der Waals surface area contributed by atoms with Crippen molar-refractivity contribution in [1.29, 1.82) is 0 Å². The highest BCUT2D eigenvalue weighted by atomic mass is 35.5. The summed E-state index contributed by atoms with van der Waals surface area (Å²) < 4.78 is 13.7. The molecule has 5 aromatic rings. The Hall–Kier alpha value is -3.39. The van der Waals surface area contributed by atoms with Crippen molar-refractivity contribution in [1.82, 2.24) is 9.97 Å². The molecule has 0 bridgehead atoms. The van der Waals surface area contributed by atoms with Crippen LogP contribution in [0.15, 0.2) is 121 Å². The molecule has 0 amide bonds. The van der Waals surface area contributed by atoms with Crippen molar-refractivity contribution in [3.05, 3.63) is 138 Å². The fourth-order valence-corrected chi connectivity index (χ4v) is 8.74. The fourth-order valence-electron chi connectivity index (χ4n) is 4.38. The molecule has 1 heterocycles. The maximum absolute atomic E-state index is 13.7. The highest BCUT2D eigenvalue weighted by molar-refractivity contribution is 7.95. The van der Waals surface area contributed by atoms with Crippen LogP contribution in [0.4, 0.5) is 4.39 Å². The average Bonchev–Trinajstić information content (AvgIpc) is 2.90. The average molecular weight is 484 g/mol. The molecule has 5 rings (SSSR count). The van der Waals surface area contributed by atoms with Crippen molar-refractivity contribution in [2.24, 2.45) is 0 Å². The predicted molar refractivity (Wildman–Crippen MR) is 141 cm³/mol. The van der Waals surface area contributed by atoms with Crippen LogP contribution in [0.2, 0.25) is 5.28 Å². The van der Waals surface area contributed by atoms with Crippen LogP contribution in [0.1, 0.15) is 5.56 Å². The van der Waals surface area contributed by atoms with Crippen LogP contribution in [-0.4, -0.2) is 9.97 Å². The van der Waals surface area contributed by atoms with E-state index in [-0.39, 0.29) is 11.1 Å². The first kappa shape index (κ1) is 22.4. The first-order valence-corrected chi connectivity index (χ1v) is 13.3. The van der Waals surface area contributed by atoms with Gasteiger partial charge < -0.3 is 0 Å². The van der Waals surface area contributed by atoms with Crippen LogP contribution >= 0.6 is 18.9 Å². The molecule has 0 fully saturated rings. The molecule has 5 heteroatoms. The SMILES string of the molecule is Fc1ccc(-c2nc(Cl)ncc2C[P+](c2ccccc2)(c2ccccc2)c2ccccc2)cc1. The summed E-state index contributed by atoms with van der Waals surface area (Å²) in [4.78, 5) is 8.93. The quantitative estimate of drug-likeness (QED) is 0.205. The molecule has 34 heavy (non-hydrogen) atoms. The van der Waals surface area contributed by atoms with Crippen molar-refractivity contribution < 1.29 is 4.39 Å². The van der Waals surface area contributed by atoms with E-state index in [2.05, 4.69) is 82.8 Å². The van der Waals surface area contributed by atoms with Crippen LogP contribution in [0, 0.1) is 5.82 Å². The van der Waals surface area contributed by atoms with Crippen LogP contribution in [-0.2, 0) is 6.16 Å². The van der Waals surface area contributed by atoms with Gasteiger partial charge in [0, 0.05) is 17.3 Å². The molecule has 0 N–H and O–H groups in total. The Morgan fingerprint density at radius 2 is 1.12 bits per heavy atom. The van der Waals surface area contributed by atoms with Crippen molar-refractivity contribution in [2.75, 3.05) is 0 Å². The molecule has 0 unspecified atom stereocenters. The Morgan fingerprint density at radius 1 is 0.647 bits per heavy atom. The minimum atomic E-state index is -2.14. The standard InChI is InChI=1S/C29H22ClFN2P/c30-29-32-20-23(28(33-29)22-16-18-24(31)19-17-22)21-34(25-10-4-1-5-11-25,26-12-6-2-7-13-26)27-14-8-3-9-15-27/h1-20H,21H2/q+1. The summed E-state index contributed by atoms with van der Waals surface area (Å²) in [7, 11) is -2.14. The highest BCUT2D eigenvalue weighted by Gasteiger charge is 2.46. The number of hydrogen-bond donors (Lipinski definition) is 0. The van der Waals surface area contributed by atoms with Crippen molar-refractivity contribution in [3.8, 4) is 11.3 Å². The molecule has 0 aliphatic rings. The maximum atomic E-state index is 13.7. The third-order valence-electron chi connectivity index (χ3n) is 5.95. The summed E-state index contributed by atoms with van der Waals surface area (Å²) in [6, 6.07) is 38.3. The van der Waals surface area contributed by atoms with Gasteiger partial charge in [-0.15, -0.1) is 0 Å². The summed E-state index contributed by atoms with van der Waals surface area (Å²) in [5.41, 5.74) is 2.51. The van der Waals surface area contributed by atoms with E-state index in [4.69, 9.17) is 11.6 Å². The van der Waals surface area contributed by atoms with E-state index in [0.717, 1.165) is 16.8 Å². The lowest BCUT2D eigenvalue weighted by Crippen LogP contribution is -2.32. The van der Waals surface area contributed by atoms with Gasteiger partial charge >= 0.3 is 0 Å². The van der Waals surface area contributed by atoms with Gasteiger partial charge in [0.15, 0.2) is 0 Å². The molecule has 2 nitrogen and oxygen atoms in total. The monoisotopic (exact) mass is 483 g/mol. The minimum absolute atomic E-state index is 0.172. The normalized spacial score (nSPS) is 11.4. The zero-order valence-electron chi connectivity index (χ0n) is 18.4. The Labute approximate surface area is 204 Å². The number of benzene rings is 4. The van der Waals surface area contributed by atoms with Gasteiger partial charge in [-0.1, -0.05) is 54.6 Å². The lowest BCUT2D eigenvalue weighted by atomic mass is 10.1. The molecule has 4 aromatic carbocycles. The van der Waals surface area contributed by atoms with E-state index in [1.54, 1.807) is 12.1 Å². The third-order valence-corrected chi connectivity index (χ3v) is 10.5. The second-order valence-electron chi connectivity index (χ2n) is 7.99. The molecule has 0 saturated carbocycles. The molecule has 166 valence electrons. The number of hydrogen-bond acceptors (Lipinski definition) is 2. The zero-order chi connectivity index (χ0) is 23.4. The molecule has 1 aromatic heterocycles. The molecule has 0 aliphatic carbocycles. The van der Waals surface area contributed by atoms with Crippen molar-refractivity contribution >= 4 is 34.8 Å². The van der Waals surface area contributed by atoms with E-state index in [1.165, 1.54) is 28.0 Å². The third kappa shape index (κ3) is 4.37. The lowest BCUT2D eigenvalue weighted by molar-refractivity contribution is 0.628. The molecule has 0 spiro atoms. The summed E-state index contributed by atoms with van der Waals surface area (Å²) in [6.45, 7) is 0. The van der Waals surface area contributed by atoms with Crippen molar-refractivity contribution in [2.45, 2.75) is 6.16 Å². The Balaban J connectivity index is 1.78. The van der Waals surface area contributed by atoms with Gasteiger partial charge in [-0.3, -0.25) is 0 Å². The largest absolute Gasteiger partial charge is 0.226 e. The van der Waals surface area contributed by atoms with Crippen LogP contribution < -0.4 is 15.9 Å². The maximum Gasteiger partial charge on any atom is 0.222 e. The van der Waals surface area contributed by atoms with Gasteiger partial charge in [0.25, 0.3) is 0 Å². The summed E-state index contributed by atoms with van der Waals surface area (Å²) in [5, 5.41) is 3.98. The Bertz CT molecular complexity index is 1280. The molecule has 0 radical (unpaired) electrons. The molecule has 0 atom stereocenters. The predicted octanol–water partition coefficient (Wildman–Crippen LogP) is 6.43.